The molecule has 14 heteroatoms. The molecule has 1 aliphatic heterocycles. The Morgan fingerprint density at radius 1 is 1.09 bits per heavy atom. The van der Waals surface area contributed by atoms with Gasteiger partial charge in [-0.3, -0.25) is 19.6 Å². The molecule has 12 nitrogen and oxygen atoms in total. The third-order valence-electron chi connectivity index (χ3n) is 7.59. The van der Waals surface area contributed by atoms with Gasteiger partial charge in [-0.25, -0.2) is 9.37 Å². The number of benzene rings is 1. The summed E-state index contributed by atoms with van der Waals surface area (Å²) in [6.45, 7) is 1.86. The normalized spacial score (nSPS) is 14.1. The van der Waals surface area contributed by atoms with E-state index in [2.05, 4.69) is 36.2 Å². The lowest BCUT2D eigenvalue weighted by Crippen LogP contribution is -2.35. The molecule has 5 rings (SSSR count). The van der Waals surface area contributed by atoms with Crippen molar-refractivity contribution in [2.24, 2.45) is 0 Å². The molecular weight excluding hydrogens is 629 g/mol. The number of hydrogen-bond donors (Lipinski definition) is 5. The molecule has 5 N–H and O–H groups in total. The van der Waals surface area contributed by atoms with Gasteiger partial charge in [-0.2, -0.15) is 0 Å². The second kappa shape index (κ2) is 15.7. The quantitative estimate of drug-likeness (QED) is 0.126. The lowest BCUT2D eigenvalue weighted by atomic mass is 10.0. The molecular formula is C33H35ClFN7O5. The van der Waals surface area contributed by atoms with Crippen LogP contribution < -0.4 is 30.7 Å². The summed E-state index contributed by atoms with van der Waals surface area (Å²) in [7, 11) is 3.00. The molecule has 246 valence electrons. The van der Waals surface area contributed by atoms with Gasteiger partial charge in [0, 0.05) is 79.4 Å². The minimum Gasteiger partial charge on any atom is -0.496 e. The Bertz CT molecular complexity index is 1760. The van der Waals surface area contributed by atoms with Crippen LogP contribution in [0.3, 0.4) is 0 Å². The standard InChI is InChI=1S/C33H35ClFN7O5/c1-46-27-14-26(39-17-20(27)16-36-12-13-43)32(45)41-25-5-3-4-23(30(25)35)31-29(34)22(10-11-38-31)24-8-6-19(33(42-24)47-2)15-37-18-21-7-9-28(44)40-21/h3-6,8,10-11,14,17,21,36-37,43H,7,9,12-13,15-16,18H2,1-2H3,(H,40,44)(H,41,45)/t21-/m1/s1. The van der Waals surface area contributed by atoms with Crippen molar-refractivity contribution in [3.63, 3.8) is 0 Å². The maximum absolute atomic E-state index is 15.9. The second-order valence-corrected chi connectivity index (χ2v) is 11.1. The summed E-state index contributed by atoms with van der Waals surface area (Å²) >= 11 is 6.81. The highest BCUT2D eigenvalue weighted by Gasteiger charge is 2.22. The van der Waals surface area contributed by atoms with E-state index in [1.807, 2.05) is 6.07 Å². The number of methoxy groups -OCH3 is 2. The summed E-state index contributed by atoms with van der Waals surface area (Å²) in [6.07, 6.45) is 4.33. The van der Waals surface area contributed by atoms with Gasteiger partial charge < -0.3 is 35.8 Å². The lowest BCUT2D eigenvalue weighted by Gasteiger charge is -2.15. The molecule has 4 heterocycles. The number of pyridine rings is 3. The molecule has 0 spiro atoms. The molecule has 0 bridgehead atoms. The molecule has 3 aromatic heterocycles. The summed E-state index contributed by atoms with van der Waals surface area (Å²) in [5, 5.41) is 21.0. The van der Waals surface area contributed by atoms with Crippen LogP contribution in [0.5, 0.6) is 11.6 Å². The van der Waals surface area contributed by atoms with Crippen LogP contribution in [0.1, 0.15) is 34.5 Å². The molecule has 47 heavy (non-hydrogen) atoms. The minimum absolute atomic E-state index is 0.0205. The highest BCUT2D eigenvalue weighted by Crippen LogP contribution is 2.37. The van der Waals surface area contributed by atoms with Crippen LogP contribution >= 0.6 is 11.6 Å². The van der Waals surface area contributed by atoms with Gasteiger partial charge in [-0.05, 0) is 30.7 Å². The number of nitrogens with one attached hydrogen (secondary N) is 4. The van der Waals surface area contributed by atoms with Gasteiger partial charge in [0.15, 0.2) is 5.82 Å². The molecule has 1 atom stereocenters. The number of anilines is 1. The van der Waals surface area contributed by atoms with E-state index in [0.717, 1.165) is 12.0 Å². The summed E-state index contributed by atoms with van der Waals surface area (Å²) < 4.78 is 26.8. The van der Waals surface area contributed by atoms with Crippen molar-refractivity contribution in [3.05, 3.63) is 82.5 Å². The minimum atomic E-state index is -0.727. The number of hydrogen-bond acceptors (Lipinski definition) is 10. The SMILES string of the molecule is COc1cc(C(=O)Nc2cccc(-c3nccc(-c4ccc(CNC[C@H]5CCC(=O)N5)c(OC)n4)c3Cl)c2F)ncc1CNCCO. The Morgan fingerprint density at radius 2 is 1.91 bits per heavy atom. The zero-order chi connectivity index (χ0) is 33.3. The van der Waals surface area contributed by atoms with Crippen LogP contribution in [0.15, 0.2) is 54.9 Å². The maximum atomic E-state index is 15.9. The maximum Gasteiger partial charge on any atom is 0.274 e. The molecule has 0 aliphatic carbocycles. The fraction of sp³-hybridized carbons (Fsp3) is 0.303. The molecule has 2 amide bonds. The van der Waals surface area contributed by atoms with Crippen molar-refractivity contribution in [1.82, 2.24) is 30.9 Å². The fourth-order valence-corrected chi connectivity index (χ4v) is 5.49. The molecule has 4 aromatic rings. The predicted octanol–water partition coefficient (Wildman–Crippen LogP) is 3.72. The van der Waals surface area contributed by atoms with Crippen LogP contribution in [0, 0.1) is 5.82 Å². The zero-order valence-electron chi connectivity index (χ0n) is 25.9. The van der Waals surface area contributed by atoms with Gasteiger partial charge >= 0.3 is 0 Å². The predicted molar refractivity (Wildman–Crippen MR) is 175 cm³/mol. The number of carbonyl (C=O) groups is 2. The van der Waals surface area contributed by atoms with Gasteiger partial charge in [0.2, 0.25) is 11.8 Å². The number of ether oxygens (including phenoxy) is 2. The number of aromatic nitrogens is 3. The van der Waals surface area contributed by atoms with Crippen molar-refractivity contribution >= 4 is 29.1 Å². The monoisotopic (exact) mass is 663 g/mol. The van der Waals surface area contributed by atoms with E-state index in [1.54, 1.807) is 18.2 Å². The number of aliphatic hydroxyl groups excluding tert-OH is 1. The van der Waals surface area contributed by atoms with E-state index in [1.165, 1.54) is 44.8 Å². The van der Waals surface area contributed by atoms with Crippen LogP contribution in [-0.4, -0.2) is 71.8 Å². The number of carbonyl (C=O) groups excluding carboxylic acids is 2. The first-order chi connectivity index (χ1) is 22.8. The van der Waals surface area contributed by atoms with Crippen molar-refractivity contribution in [1.29, 1.82) is 0 Å². The van der Waals surface area contributed by atoms with Gasteiger partial charge in [-0.15, -0.1) is 0 Å². The van der Waals surface area contributed by atoms with E-state index in [0.29, 0.717) is 61.1 Å². The first-order valence-electron chi connectivity index (χ1n) is 15.0. The van der Waals surface area contributed by atoms with Crippen LogP contribution in [-0.2, 0) is 17.9 Å². The fourth-order valence-electron chi connectivity index (χ4n) is 5.18. The van der Waals surface area contributed by atoms with E-state index in [9.17, 15) is 9.59 Å². The largest absolute Gasteiger partial charge is 0.496 e. The number of halogens is 2. The Morgan fingerprint density at radius 3 is 2.66 bits per heavy atom. The Balaban J connectivity index is 1.34. The van der Waals surface area contributed by atoms with Gasteiger partial charge in [0.05, 0.1) is 42.9 Å². The Hall–Kier alpha value is -4.69. The van der Waals surface area contributed by atoms with E-state index >= 15 is 4.39 Å². The molecule has 1 fully saturated rings. The zero-order valence-corrected chi connectivity index (χ0v) is 26.7. The van der Waals surface area contributed by atoms with Crippen molar-refractivity contribution in [2.45, 2.75) is 32.0 Å². The second-order valence-electron chi connectivity index (χ2n) is 10.7. The molecule has 0 unspecified atom stereocenters. The topological polar surface area (TPSA) is 160 Å². The van der Waals surface area contributed by atoms with Crippen LogP contribution in [0.2, 0.25) is 5.02 Å². The van der Waals surface area contributed by atoms with Crippen molar-refractivity contribution in [3.8, 4) is 34.1 Å². The molecule has 1 aromatic carbocycles. The highest BCUT2D eigenvalue weighted by molar-refractivity contribution is 6.35. The summed E-state index contributed by atoms with van der Waals surface area (Å²) in [4.78, 5) is 37.7. The van der Waals surface area contributed by atoms with Gasteiger partial charge in [0.1, 0.15) is 11.4 Å². The summed E-state index contributed by atoms with van der Waals surface area (Å²) in [5.41, 5.74) is 2.73. The molecule has 1 aliphatic rings. The van der Waals surface area contributed by atoms with Crippen LogP contribution in [0.4, 0.5) is 10.1 Å². The van der Waals surface area contributed by atoms with E-state index in [4.69, 9.17) is 26.2 Å². The summed E-state index contributed by atoms with van der Waals surface area (Å²) in [5.74, 6) is -0.480. The molecule has 0 saturated carbocycles. The van der Waals surface area contributed by atoms with Gasteiger partial charge in [-0.1, -0.05) is 23.7 Å². The number of amides is 2. The number of rotatable bonds is 14. The highest BCUT2D eigenvalue weighted by atomic mass is 35.5. The van der Waals surface area contributed by atoms with Crippen molar-refractivity contribution in [2.75, 3.05) is 39.2 Å². The molecule has 1 saturated heterocycles. The van der Waals surface area contributed by atoms with E-state index in [-0.39, 0.29) is 46.2 Å². The first kappa shape index (κ1) is 33.7. The van der Waals surface area contributed by atoms with Crippen molar-refractivity contribution < 1.29 is 28.6 Å². The summed E-state index contributed by atoms with van der Waals surface area (Å²) in [6, 6.07) is 11.4. The first-order valence-corrected chi connectivity index (χ1v) is 15.3. The average Bonchev–Trinajstić information content (AvgIpc) is 3.50. The lowest BCUT2D eigenvalue weighted by molar-refractivity contribution is -0.119. The molecule has 0 radical (unpaired) electrons. The number of nitrogens with zero attached hydrogens (tertiary/aromatic N) is 3. The van der Waals surface area contributed by atoms with Crippen LogP contribution in [0.25, 0.3) is 22.5 Å². The van der Waals surface area contributed by atoms with Gasteiger partial charge in [0.25, 0.3) is 5.91 Å². The Kier molecular flexibility index (Phi) is 11.3. The smallest absolute Gasteiger partial charge is 0.274 e. The average molecular weight is 664 g/mol. The number of aliphatic hydroxyl groups is 1. The Labute approximate surface area is 276 Å². The third-order valence-corrected chi connectivity index (χ3v) is 7.97. The third kappa shape index (κ3) is 8.00. The van der Waals surface area contributed by atoms with E-state index < -0.39 is 11.7 Å².